The Kier molecular flexibility index (Phi) is 11.7. The van der Waals surface area contributed by atoms with Gasteiger partial charge in [0.1, 0.15) is 37.3 Å². The van der Waals surface area contributed by atoms with Crippen molar-refractivity contribution in [3.05, 3.63) is 140 Å². The van der Waals surface area contributed by atoms with Gasteiger partial charge in [0.15, 0.2) is 0 Å². The quantitative estimate of drug-likeness (QED) is 0.0673. The number of rotatable bonds is 16. The first kappa shape index (κ1) is 35.3. The van der Waals surface area contributed by atoms with Gasteiger partial charge in [-0.05, 0) is 16.7 Å². The summed E-state index contributed by atoms with van der Waals surface area (Å²) in [6, 6.07) is 19.3. The molecule has 0 aliphatic rings. The van der Waals surface area contributed by atoms with Crippen LogP contribution < -0.4 is 5.32 Å². The summed E-state index contributed by atoms with van der Waals surface area (Å²) >= 11 is 0. The topological polar surface area (TPSA) is 239 Å². The van der Waals surface area contributed by atoms with Crippen LogP contribution in [0.4, 0.5) is 16.2 Å². The molecule has 0 saturated carbocycles. The van der Waals surface area contributed by atoms with E-state index in [0.717, 1.165) is 0 Å². The van der Waals surface area contributed by atoms with Gasteiger partial charge in [0.2, 0.25) is 0 Å². The summed E-state index contributed by atoms with van der Waals surface area (Å²) in [5.74, 6) is -1.86. The Morgan fingerprint density at radius 2 is 1.22 bits per heavy atom. The molecule has 0 spiro atoms. The van der Waals surface area contributed by atoms with Gasteiger partial charge in [-0.1, -0.05) is 65.0 Å². The second-order valence-electron chi connectivity index (χ2n) is 10.9. The molecular weight excluding hydrogens is 670 g/mol. The van der Waals surface area contributed by atoms with Crippen molar-refractivity contribution >= 4 is 29.4 Å². The fraction of sp³-hybridized carbons (Fsp3) is 0.219. The Bertz CT molecular complexity index is 2010. The number of carbonyl (C=O) groups is 3. The van der Waals surface area contributed by atoms with Crippen LogP contribution in [0.5, 0.6) is 0 Å². The van der Waals surface area contributed by atoms with Gasteiger partial charge in [-0.2, -0.15) is 0 Å². The molecule has 0 aliphatic heterocycles. The number of non-ortho nitro benzene ring substituents is 2. The molecule has 0 radical (unpaired) electrons. The van der Waals surface area contributed by atoms with Crippen molar-refractivity contribution < 1.29 is 38.4 Å². The molecule has 0 saturated heterocycles. The third kappa shape index (κ3) is 10.7. The standard InChI is InChI=1S/C32H29N9O10/c42-30(49-20-25-17-38(36-34-25)15-23-8-4-10-27(12-23)40(45)46)14-29(33-32(44)51-19-22-6-2-1-3-7-22)31(43)50-21-26-18-39(37-35-26)16-24-9-5-11-28(13-24)41(47)48/h1-13,17-18,29H,14-16,19-21H2,(H,33,44)/t29-/m0/s1. The predicted octanol–water partition coefficient (Wildman–Crippen LogP) is 3.25. The zero-order chi connectivity index (χ0) is 36.2. The van der Waals surface area contributed by atoms with E-state index in [9.17, 15) is 34.6 Å². The van der Waals surface area contributed by atoms with Crippen molar-refractivity contribution in [1.82, 2.24) is 35.3 Å². The predicted molar refractivity (Wildman–Crippen MR) is 172 cm³/mol. The SMILES string of the molecule is O=C(C[C@H](NC(=O)OCc1ccccc1)C(=O)OCc1cn(Cc2cccc([N+](=O)[O-])c2)nn1)OCc1cn(Cc2cccc([N+](=O)[O-])c2)nn1. The third-order valence-corrected chi connectivity index (χ3v) is 7.01. The van der Waals surface area contributed by atoms with Gasteiger partial charge in [-0.3, -0.25) is 25.0 Å². The molecule has 1 N–H and O–H groups in total. The smallest absolute Gasteiger partial charge is 0.408 e. The molecule has 2 heterocycles. The van der Waals surface area contributed by atoms with Gasteiger partial charge in [0.25, 0.3) is 11.4 Å². The molecule has 3 aromatic carbocycles. The second kappa shape index (κ2) is 16.9. The molecule has 5 aromatic rings. The number of nitro benzene ring substituents is 2. The number of hydrogen-bond donors (Lipinski definition) is 1. The molecule has 19 nitrogen and oxygen atoms in total. The number of amides is 1. The fourth-order valence-corrected chi connectivity index (χ4v) is 4.60. The number of nitrogens with one attached hydrogen (secondary N) is 1. The summed E-state index contributed by atoms with van der Waals surface area (Å²) in [6.07, 6.45) is 1.35. The van der Waals surface area contributed by atoms with Crippen LogP contribution in [0.25, 0.3) is 0 Å². The molecule has 5 rings (SSSR count). The monoisotopic (exact) mass is 699 g/mol. The van der Waals surface area contributed by atoms with Crippen LogP contribution in [0.3, 0.4) is 0 Å². The Morgan fingerprint density at radius 1 is 0.686 bits per heavy atom. The van der Waals surface area contributed by atoms with Crippen LogP contribution in [-0.4, -0.2) is 63.9 Å². The van der Waals surface area contributed by atoms with E-state index in [4.69, 9.17) is 14.2 Å². The average molecular weight is 700 g/mol. The first-order chi connectivity index (χ1) is 24.6. The average Bonchev–Trinajstić information content (AvgIpc) is 3.78. The van der Waals surface area contributed by atoms with Crippen LogP contribution in [0, 0.1) is 20.2 Å². The minimum absolute atomic E-state index is 0.0723. The molecule has 0 aliphatic carbocycles. The molecule has 19 heteroatoms. The lowest BCUT2D eigenvalue weighted by atomic mass is 10.2. The van der Waals surface area contributed by atoms with Crippen LogP contribution in [0.2, 0.25) is 0 Å². The molecule has 1 atom stereocenters. The van der Waals surface area contributed by atoms with E-state index < -0.39 is 40.3 Å². The summed E-state index contributed by atoms with van der Waals surface area (Å²) in [7, 11) is 0. The molecule has 51 heavy (non-hydrogen) atoms. The Labute approximate surface area is 288 Å². The summed E-state index contributed by atoms with van der Waals surface area (Å²) < 4.78 is 18.6. The fourth-order valence-electron chi connectivity index (χ4n) is 4.60. The minimum atomic E-state index is -1.51. The normalized spacial score (nSPS) is 11.3. The van der Waals surface area contributed by atoms with E-state index in [2.05, 4.69) is 25.9 Å². The third-order valence-electron chi connectivity index (χ3n) is 7.01. The van der Waals surface area contributed by atoms with Crippen molar-refractivity contribution in [1.29, 1.82) is 0 Å². The Hall–Kier alpha value is -7.05. The minimum Gasteiger partial charge on any atom is -0.459 e. The summed E-state index contributed by atoms with van der Waals surface area (Å²) in [4.78, 5) is 59.6. The molecule has 0 bridgehead atoms. The first-order valence-electron chi connectivity index (χ1n) is 15.2. The summed E-state index contributed by atoms with van der Waals surface area (Å²) in [5, 5.41) is 40.2. The number of nitro groups is 2. The van der Waals surface area contributed by atoms with Crippen molar-refractivity contribution in [3.8, 4) is 0 Å². The maximum absolute atomic E-state index is 13.1. The number of carbonyl (C=O) groups excluding carboxylic acids is 3. The maximum atomic E-state index is 13.1. The highest BCUT2D eigenvalue weighted by Crippen LogP contribution is 2.15. The van der Waals surface area contributed by atoms with Gasteiger partial charge in [0, 0.05) is 24.3 Å². The van der Waals surface area contributed by atoms with Gasteiger partial charge >= 0.3 is 18.0 Å². The molecule has 2 aromatic heterocycles. The number of ether oxygens (including phenoxy) is 3. The molecular formula is C32H29N9O10. The van der Waals surface area contributed by atoms with Crippen molar-refractivity contribution in [2.24, 2.45) is 0 Å². The number of esters is 2. The second-order valence-corrected chi connectivity index (χ2v) is 10.9. The van der Waals surface area contributed by atoms with E-state index in [-0.39, 0.29) is 55.7 Å². The van der Waals surface area contributed by atoms with Crippen LogP contribution in [0.1, 0.15) is 34.5 Å². The van der Waals surface area contributed by atoms with Crippen molar-refractivity contribution in [2.45, 2.75) is 45.4 Å². The number of aromatic nitrogens is 6. The van der Waals surface area contributed by atoms with E-state index in [1.54, 1.807) is 54.6 Å². The van der Waals surface area contributed by atoms with Crippen LogP contribution in [-0.2, 0) is 56.7 Å². The number of alkyl carbamates (subject to hydrolysis) is 1. The number of hydrogen-bond acceptors (Lipinski definition) is 14. The van der Waals surface area contributed by atoms with E-state index >= 15 is 0 Å². The lowest BCUT2D eigenvalue weighted by molar-refractivity contribution is -0.385. The van der Waals surface area contributed by atoms with E-state index in [0.29, 0.717) is 16.7 Å². The number of nitrogens with zero attached hydrogens (tertiary/aromatic N) is 8. The lowest BCUT2D eigenvalue weighted by Gasteiger charge is -2.17. The molecule has 262 valence electrons. The van der Waals surface area contributed by atoms with Crippen molar-refractivity contribution in [2.75, 3.05) is 0 Å². The zero-order valence-corrected chi connectivity index (χ0v) is 26.6. The first-order valence-corrected chi connectivity index (χ1v) is 15.2. The van der Waals surface area contributed by atoms with Gasteiger partial charge in [-0.15, -0.1) is 10.2 Å². The van der Waals surface area contributed by atoms with E-state index in [1.807, 2.05) is 0 Å². The van der Waals surface area contributed by atoms with E-state index in [1.165, 1.54) is 46.0 Å². The summed E-state index contributed by atoms with van der Waals surface area (Å²) in [5.41, 5.74) is 2.24. The number of benzene rings is 3. The maximum Gasteiger partial charge on any atom is 0.408 e. The van der Waals surface area contributed by atoms with Crippen molar-refractivity contribution in [3.63, 3.8) is 0 Å². The van der Waals surface area contributed by atoms with Crippen LogP contribution >= 0.6 is 0 Å². The molecule has 0 unspecified atom stereocenters. The molecule has 1 amide bonds. The lowest BCUT2D eigenvalue weighted by Crippen LogP contribution is -2.43. The summed E-state index contributed by atoms with van der Waals surface area (Å²) in [6.45, 7) is -0.448. The highest BCUT2D eigenvalue weighted by Gasteiger charge is 2.27. The highest BCUT2D eigenvalue weighted by molar-refractivity contribution is 5.86. The Balaban J connectivity index is 1.17. The van der Waals surface area contributed by atoms with Gasteiger partial charge < -0.3 is 19.5 Å². The largest absolute Gasteiger partial charge is 0.459 e. The molecule has 0 fully saturated rings. The zero-order valence-electron chi connectivity index (χ0n) is 26.6. The Morgan fingerprint density at radius 3 is 1.76 bits per heavy atom. The highest BCUT2D eigenvalue weighted by atomic mass is 16.6. The van der Waals surface area contributed by atoms with Crippen LogP contribution in [0.15, 0.2) is 91.3 Å². The van der Waals surface area contributed by atoms with Gasteiger partial charge in [-0.25, -0.2) is 19.0 Å². The van der Waals surface area contributed by atoms with Gasteiger partial charge in [0.05, 0.1) is 41.8 Å².